The van der Waals surface area contributed by atoms with Gasteiger partial charge >= 0.3 is 0 Å². The van der Waals surface area contributed by atoms with Gasteiger partial charge in [-0.1, -0.05) is 13.8 Å². The van der Waals surface area contributed by atoms with Crippen molar-refractivity contribution in [1.29, 1.82) is 0 Å². The predicted octanol–water partition coefficient (Wildman–Crippen LogP) is 2.00. The minimum atomic E-state index is -3.44. The normalized spacial score (nSPS) is 13.8. The van der Waals surface area contributed by atoms with Crippen molar-refractivity contribution in [1.82, 2.24) is 4.31 Å². The summed E-state index contributed by atoms with van der Waals surface area (Å²) < 4.78 is 25.3. The summed E-state index contributed by atoms with van der Waals surface area (Å²) >= 11 is 0. The van der Waals surface area contributed by atoms with Gasteiger partial charge in [-0.2, -0.15) is 0 Å². The minimum absolute atomic E-state index is 0.217. The molecule has 1 aromatic carbocycles. The summed E-state index contributed by atoms with van der Waals surface area (Å²) in [5, 5.41) is 0. The number of nitrogen functional groups attached to an aromatic ring is 1. The Morgan fingerprint density at radius 3 is 2.05 bits per heavy atom. The molecule has 1 atom stereocenters. The number of rotatable bonds is 5. The highest BCUT2D eigenvalue weighted by Gasteiger charge is 2.20. The summed E-state index contributed by atoms with van der Waals surface area (Å²) in [4.78, 5) is 2.29. The van der Waals surface area contributed by atoms with Gasteiger partial charge in [0, 0.05) is 27.2 Å². The van der Waals surface area contributed by atoms with Crippen molar-refractivity contribution in [3.63, 3.8) is 0 Å². The van der Waals surface area contributed by atoms with E-state index in [1.807, 2.05) is 7.05 Å². The van der Waals surface area contributed by atoms with Crippen LogP contribution in [0, 0.1) is 5.92 Å². The molecule has 0 aromatic heterocycles. The first-order chi connectivity index (χ1) is 9.09. The Kier molecular flexibility index (Phi) is 5.05. The van der Waals surface area contributed by atoms with Crippen molar-refractivity contribution in [2.24, 2.45) is 5.92 Å². The van der Waals surface area contributed by atoms with Crippen molar-refractivity contribution in [2.45, 2.75) is 31.7 Å². The monoisotopic (exact) mass is 299 g/mol. The summed E-state index contributed by atoms with van der Waals surface area (Å²) in [6, 6.07) is 5.21. The molecular weight excluding hydrogens is 274 g/mol. The summed E-state index contributed by atoms with van der Waals surface area (Å²) in [5.41, 5.74) is 7.36. The number of benzene rings is 1. The molecule has 0 aliphatic rings. The van der Waals surface area contributed by atoms with Gasteiger partial charge in [0.25, 0.3) is 0 Å². The molecule has 0 aliphatic carbocycles. The summed E-state index contributed by atoms with van der Waals surface area (Å²) in [6.45, 7) is 6.40. The fourth-order valence-corrected chi connectivity index (χ4v) is 2.83. The second kappa shape index (κ2) is 6.01. The summed E-state index contributed by atoms with van der Waals surface area (Å²) in [6.07, 6.45) is 0. The fourth-order valence-electron chi connectivity index (χ4n) is 1.89. The van der Waals surface area contributed by atoms with E-state index in [-0.39, 0.29) is 4.90 Å². The predicted molar refractivity (Wildman–Crippen MR) is 84.4 cm³/mol. The average molecular weight is 299 g/mol. The van der Waals surface area contributed by atoms with Crippen LogP contribution in [0.4, 0.5) is 11.4 Å². The van der Waals surface area contributed by atoms with E-state index < -0.39 is 10.0 Å². The van der Waals surface area contributed by atoms with Gasteiger partial charge < -0.3 is 10.6 Å². The molecule has 2 N–H and O–H groups in total. The third kappa shape index (κ3) is 3.24. The van der Waals surface area contributed by atoms with Gasteiger partial charge in [-0.15, -0.1) is 0 Å². The van der Waals surface area contributed by atoms with Crippen LogP contribution in [-0.2, 0) is 10.0 Å². The van der Waals surface area contributed by atoms with Crippen molar-refractivity contribution in [3.05, 3.63) is 18.2 Å². The molecule has 0 radical (unpaired) electrons. The SMILES string of the molecule is CC(C)C(C)N(C)c1ccc(S(=O)(=O)N(C)C)cc1N. The lowest BCUT2D eigenvalue weighted by Crippen LogP contribution is -2.33. The summed E-state index contributed by atoms with van der Waals surface area (Å²) in [5.74, 6) is 0.476. The fraction of sp³-hybridized carbons (Fsp3) is 0.571. The number of sulfonamides is 1. The zero-order valence-electron chi connectivity index (χ0n) is 13.1. The van der Waals surface area contributed by atoms with E-state index in [0.717, 1.165) is 5.69 Å². The van der Waals surface area contributed by atoms with Gasteiger partial charge in [0.1, 0.15) is 0 Å². The molecule has 0 bridgehead atoms. The lowest BCUT2D eigenvalue weighted by molar-refractivity contribution is 0.505. The van der Waals surface area contributed by atoms with E-state index in [2.05, 4.69) is 25.7 Å². The zero-order chi connectivity index (χ0) is 15.7. The molecule has 1 rings (SSSR count). The van der Waals surface area contributed by atoms with Gasteiger partial charge in [0.2, 0.25) is 10.0 Å². The average Bonchev–Trinajstić information content (AvgIpc) is 2.36. The third-order valence-electron chi connectivity index (χ3n) is 3.73. The molecule has 0 heterocycles. The first-order valence-electron chi connectivity index (χ1n) is 6.64. The van der Waals surface area contributed by atoms with Crippen molar-refractivity contribution in [2.75, 3.05) is 31.8 Å². The Morgan fingerprint density at radius 2 is 1.65 bits per heavy atom. The zero-order valence-corrected chi connectivity index (χ0v) is 13.9. The topological polar surface area (TPSA) is 66.6 Å². The van der Waals surface area contributed by atoms with E-state index in [1.54, 1.807) is 12.1 Å². The minimum Gasteiger partial charge on any atom is -0.397 e. The van der Waals surface area contributed by atoms with Gasteiger partial charge in [-0.3, -0.25) is 0 Å². The van der Waals surface area contributed by atoms with Crippen molar-refractivity contribution in [3.8, 4) is 0 Å². The first-order valence-corrected chi connectivity index (χ1v) is 8.08. The van der Waals surface area contributed by atoms with E-state index in [1.165, 1.54) is 24.5 Å². The van der Waals surface area contributed by atoms with Crippen LogP contribution in [0.5, 0.6) is 0 Å². The third-order valence-corrected chi connectivity index (χ3v) is 5.54. The number of nitrogens with two attached hydrogens (primary N) is 1. The van der Waals surface area contributed by atoms with E-state index >= 15 is 0 Å². The second-order valence-corrected chi connectivity index (χ2v) is 7.76. The number of nitrogens with zero attached hydrogens (tertiary/aromatic N) is 2. The molecule has 0 aliphatic heterocycles. The number of hydrogen-bond acceptors (Lipinski definition) is 4. The maximum Gasteiger partial charge on any atom is 0.242 e. The summed E-state index contributed by atoms with van der Waals surface area (Å²) in [7, 11) is 1.54. The molecule has 5 nitrogen and oxygen atoms in total. The van der Waals surface area contributed by atoms with Crippen LogP contribution in [0.3, 0.4) is 0 Å². The molecular formula is C14H25N3O2S. The van der Waals surface area contributed by atoms with Crippen LogP contribution in [0.15, 0.2) is 23.1 Å². The molecule has 1 aromatic rings. The molecule has 0 fully saturated rings. The van der Waals surface area contributed by atoms with E-state index in [4.69, 9.17) is 5.73 Å². The van der Waals surface area contributed by atoms with Crippen LogP contribution in [0.25, 0.3) is 0 Å². The molecule has 114 valence electrons. The number of hydrogen-bond donors (Lipinski definition) is 1. The first kappa shape index (κ1) is 16.8. The molecule has 0 amide bonds. The largest absolute Gasteiger partial charge is 0.397 e. The smallest absolute Gasteiger partial charge is 0.242 e. The Balaban J connectivity index is 3.19. The molecule has 6 heteroatoms. The van der Waals surface area contributed by atoms with Crippen LogP contribution in [0.1, 0.15) is 20.8 Å². The van der Waals surface area contributed by atoms with Crippen LogP contribution in [0.2, 0.25) is 0 Å². The maximum absolute atomic E-state index is 12.1. The highest BCUT2D eigenvalue weighted by atomic mass is 32.2. The van der Waals surface area contributed by atoms with Crippen molar-refractivity contribution >= 4 is 21.4 Å². The highest BCUT2D eigenvalue weighted by Crippen LogP contribution is 2.29. The number of anilines is 2. The van der Waals surface area contributed by atoms with Crippen LogP contribution < -0.4 is 10.6 Å². The highest BCUT2D eigenvalue weighted by molar-refractivity contribution is 7.89. The van der Waals surface area contributed by atoms with Gasteiger partial charge in [-0.05, 0) is 31.0 Å². The van der Waals surface area contributed by atoms with E-state index in [9.17, 15) is 8.42 Å². The van der Waals surface area contributed by atoms with Crippen LogP contribution >= 0.6 is 0 Å². The van der Waals surface area contributed by atoms with Crippen LogP contribution in [-0.4, -0.2) is 39.9 Å². The Labute approximate surface area is 122 Å². The Hall–Kier alpha value is -1.27. The van der Waals surface area contributed by atoms with Gasteiger partial charge in [-0.25, -0.2) is 12.7 Å². The van der Waals surface area contributed by atoms with Crippen molar-refractivity contribution < 1.29 is 8.42 Å². The lowest BCUT2D eigenvalue weighted by Gasteiger charge is -2.31. The second-order valence-electron chi connectivity index (χ2n) is 5.60. The molecule has 0 saturated heterocycles. The van der Waals surface area contributed by atoms with Gasteiger partial charge in [0.05, 0.1) is 16.3 Å². The molecule has 0 spiro atoms. The van der Waals surface area contributed by atoms with Gasteiger partial charge in [0.15, 0.2) is 0 Å². The Morgan fingerprint density at radius 1 is 1.10 bits per heavy atom. The molecule has 0 saturated carbocycles. The standard InChI is InChI=1S/C14H25N3O2S/c1-10(2)11(3)17(6)14-8-7-12(9-13(14)15)20(18,19)16(4)5/h7-11H,15H2,1-6H3. The Bertz CT molecular complexity index is 568. The molecule has 20 heavy (non-hydrogen) atoms. The lowest BCUT2D eigenvalue weighted by atomic mass is 10.0. The quantitative estimate of drug-likeness (QED) is 0.845. The maximum atomic E-state index is 12.1. The van der Waals surface area contributed by atoms with E-state index in [0.29, 0.717) is 17.6 Å². The molecule has 1 unspecified atom stereocenters.